The molecule has 3 rings (SSSR count). The fraction of sp³-hybridized carbons (Fsp3) is 0.556. The van der Waals surface area contributed by atoms with Crippen molar-refractivity contribution in [3.63, 3.8) is 0 Å². The molecule has 1 N–H and O–H groups in total. The molecule has 2 aliphatic heterocycles. The van der Waals surface area contributed by atoms with Crippen molar-refractivity contribution in [1.29, 1.82) is 0 Å². The Labute approximate surface area is 137 Å². The number of nitrogens with one attached hydrogen (secondary N) is 1. The third-order valence-electron chi connectivity index (χ3n) is 4.92. The van der Waals surface area contributed by atoms with E-state index in [1.165, 1.54) is 17.5 Å². The lowest BCUT2D eigenvalue weighted by atomic mass is 10.0. The summed E-state index contributed by atoms with van der Waals surface area (Å²) in [5.41, 5.74) is 2.37. The first kappa shape index (κ1) is 15.8. The minimum atomic E-state index is -0.480. The van der Waals surface area contributed by atoms with Crippen LogP contribution in [0, 0.1) is 0 Å². The summed E-state index contributed by atoms with van der Waals surface area (Å²) >= 11 is 0. The third-order valence-corrected chi connectivity index (χ3v) is 4.92. The number of rotatable bonds is 2. The van der Waals surface area contributed by atoms with E-state index < -0.39 is 6.04 Å². The van der Waals surface area contributed by atoms with Gasteiger partial charge in [-0.05, 0) is 44.2 Å². The molecule has 0 unspecified atom stereocenters. The van der Waals surface area contributed by atoms with Gasteiger partial charge in [-0.3, -0.25) is 4.79 Å². The summed E-state index contributed by atoms with van der Waals surface area (Å²) in [6.07, 6.45) is 3.28. The predicted octanol–water partition coefficient (Wildman–Crippen LogP) is 2.50. The molecule has 1 aromatic rings. The topological polar surface area (TPSA) is 52.7 Å². The van der Waals surface area contributed by atoms with Crippen LogP contribution in [0.15, 0.2) is 24.3 Å². The largest absolute Gasteiger partial charge is 0.338 e. The van der Waals surface area contributed by atoms with Crippen molar-refractivity contribution in [2.75, 3.05) is 6.54 Å². The quantitative estimate of drug-likeness (QED) is 0.911. The Morgan fingerprint density at radius 2 is 1.83 bits per heavy atom. The molecular weight excluding hydrogens is 290 g/mol. The van der Waals surface area contributed by atoms with Gasteiger partial charge in [0.25, 0.3) is 0 Å². The molecule has 5 heteroatoms. The number of hydrogen-bond acceptors (Lipinski definition) is 2. The minimum absolute atomic E-state index is 0.0299. The summed E-state index contributed by atoms with van der Waals surface area (Å²) in [6.45, 7) is 5.90. The number of carbonyl (C=O) groups is 2. The Morgan fingerprint density at radius 3 is 2.43 bits per heavy atom. The standard InChI is InChI=1S/C18H25N3O2/c1-13-7-5-6-10-21(13)17(22)14(2)19-18(23)20-11-15-8-3-4-9-16(15)12-20/h3-4,8-9,13-14H,5-7,10-12H2,1-2H3,(H,19,23)/t13-,14+/m1/s1. The number of nitrogens with zero attached hydrogens (tertiary/aromatic N) is 2. The lowest BCUT2D eigenvalue weighted by Gasteiger charge is -2.35. The van der Waals surface area contributed by atoms with Gasteiger partial charge in [0.15, 0.2) is 0 Å². The van der Waals surface area contributed by atoms with Crippen LogP contribution in [0.25, 0.3) is 0 Å². The monoisotopic (exact) mass is 315 g/mol. The first-order valence-electron chi connectivity index (χ1n) is 8.49. The number of piperidine rings is 1. The first-order chi connectivity index (χ1) is 11.1. The van der Waals surface area contributed by atoms with Crippen LogP contribution in [0.4, 0.5) is 4.79 Å². The maximum absolute atomic E-state index is 12.6. The Hall–Kier alpha value is -2.04. The van der Waals surface area contributed by atoms with Crippen LogP contribution in [0.3, 0.4) is 0 Å². The van der Waals surface area contributed by atoms with Gasteiger partial charge in [0.1, 0.15) is 6.04 Å². The van der Waals surface area contributed by atoms with Crippen LogP contribution in [0.1, 0.15) is 44.2 Å². The minimum Gasteiger partial charge on any atom is -0.338 e. The van der Waals surface area contributed by atoms with Crippen molar-refractivity contribution in [3.8, 4) is 0 Å². The first-order valence-corrected chi connectivity index (χ1v) is 8.49. The number of likely N-dealkylation sites (tertiary alicyclic amines) is 1. The number of urea groups is 1. The van der Waals surface area contributed by atoms with Crippen molar-refractivity contribution < 1.29 is 9.59 Å². The molecule has 0 radical (unpaired) electrons. The van der Waals surface area contributed by atoms with Gasteiger partial charge in [-0.25, -0.2) is 4.79 Å². The van der Waals surface area contributed by atoms with E-state index in [-0.39, 0.29) is 18.0 Å². The van der Waals surface area contributed by atoms with E-state index in [1.807, 2.05) is 29.2 Å². The number of amides is 3. The molecule has 0 bridgehead atoms. The highest BCUT2D eigenvalue weighted by Gasteiger charge is 2.30. The van der Waals surface area contributed by atoms with Gasteiger partial charge in [0.05, 0.1) is 0 Å². The third kappa shape index (κ3) is 3.33. The van der Waals surface area contributed by atoms with Gasteiger partial charge < -0.3 is 15.1 Å². The fourth-order valence-corrected chi connectivity index (χ4v) is 3.49. The Morgan fingerprint density at radius 1 is 1.17 bits per heavy atom. The smallest absolute Gasteiger partial charge is 0.318 e. The maximum Gasteiger partial charge on any atom is 0.318 e. The zero-order chi connectivity index (χ0) is 16.4. The number of hydrogen-bond donors (Lipinski definition) is 1. The average molecular weight is 315 g/mol. The summed E-state index contributed by atoms with van der Waals surface area (Å²) in [7, 11) is 0. The van der Waals surface area contributed by atoms with Crippen molar-refractivity contribution in [2.24, 2.45) is 0 Å². The number of benzene rings is 1. The summed E-state index contributed by atoms with van der Waals surface area (Å²) in [4.78, 5) is 28.7. The second kappa shape index (κ2) is 6.60. The van der Waals surface area contributed by atoms with Crippen molar-refractivity contribution >= 4 is 11.9 Å². The van der Waals surface area contributed by atoms with E-state index in [4.69, 9.17) is 0 Å². The van der Waals surface area contributed by atoms with Gasteiger partial charge in [0, 0.05) is 25.7 Å². The molecule has 124 valence electrons. The fourth-order valence-electron chi connectivity index (χ4n) is 3.49. The van der Waals surface area contributed by atoms with E-state index in [9.17, 15) is 9.59 Å². The zero-order valence-electron chi connectivity index (χ0n) is 13.9. The molecule has 0 saturated carbocycles. The van der Waals surface area contributed by atoms with Gasteiger partial charge in [-0.15, -0.1) is 0 Å². The number of fused-ring (bicyclic) bond motifs is 1. The molecule has 23 heavy (non-hydrogen) atoms. The molecule has 2 heterocycles. The van der Waals surface area contributed by atoms with E-state index in [2.05, 4.69) is 12.2 Å². The van der Waals surface area contributed by atoms with Gasteiger partial charge in [0.2, 0.25) is 5.91 Å². The molecule has 0 aromatic heterocycles. The molecule has 1 aromatic carbocycles. The normalized spacial score (nSPS) is 21.7. The average Bonchev–Trinajstić information content (AvgIpc) is 2.99. The Kier molecular flexibility index (Phi) is 4.55. The SMILES string of the molecule is C[C@H](NC(=O)N1Cc2ccccc2C1)C(=O)N1CCCC[C@H]1C. The molecule has 2 aliphatic rings. The van der Waals surface area contributed by atoms with E-state index in [0.29, 0.717) is 13.1 Å². The molecule has 0 spiro atoms. The van der Waals surface area contributed by atoms with Crippen LogP contribution >= 0.6 is 0 Å². The number of carbonyl (C=O) groups excluding carboxylic acids is 2. The Balaban J connectivity index is 1.57. The van der Waals surface area contributed by atoms with Gasteiger partial charge >= 0.3 is 6.03 Å². The lowest BCUT2D eigenvalue weighted by molar-refractivity contribution is -0.136. The molecule has 1 saturated heterocycles. The van der Waals surface area contributed by atoms with Crippen LogP contribution in [-0.2, 0) is 17.9 Å². The van der Waals surface area contributed by atoms with Crippen LogP contribution in [-0.4, -0.2) is 40.4 Å². The van der Waals surface area contributed by atoms with Crippen molar-refractivity contribution in [1.82, 2.24) is 15.1 Å². The highest BCUT2D eigenvalue weighted by molar-refractivity contribution is 5.87. The molecule has 3 amide bonds. The second-order valence-electron chi connectivity index (χ2n) is 6.67. The summed E-state index contributed by atoms with van der Waals surface area (Å²) in [5.74, 6) is 0.0299. The second-order valence-corrected chi connectivity index (χ2v) is 6.67. The highest BCUT2D eigenvalue weighted by Crippen LogP contribution is 2.22. The zero-order valence-corrected chi connectivity index (χ0v) is 13.9. The van der Waals surface area contributed by atoms with E-state index in [0.717, 1.165) is 19.4 Å². The van der Waals surface area contributed by atoms with Crippen LogP contribution in [0.5, 0.6) is 0 Å². The van der Waals surface area contributed by atoms with Crippen molar-refractivity contribution in [3.05, 3.63) is 35.4 Å². The van der Waals surface area contributed by atoms with Gasteiger partial charge in [-0.1, -0.05) is 24.3 Å². The predicted molar refractivity (Wildman–Crippen MR) is 88.7 cm³/mol. The summed E-state index contributed by atoms with van der Waals surface area (Å²) in [5, 5.41) is 2.87. The van der Waals surface area contributed by atoms with Crippen LogP contribution < -0.4 is 5.32 Å². The van der Waals surface area contributed by atoms with E-state index >= 15 is 0 Å². The molecule has 1 fully saturated rings. The summed E-state index contributed by atoms with van der Waals surface area (Å²) < 4.78 is 0. The van der Waals surface area contributed by atoms with E-state index in [1.54, 1.807) is 11.8 Å². The maximum atomic E-state index is 12.6. The van der Waals surface area contributed by atoms with Gasteiger partial charge in [-0.2, -0.15) is 0 Å². The molecular formula is C18H25N3O2. The molecule has 5 nitrogen and oxygen atoms in total. The Bertz CT molecular complexity index is 577. The van der Waals surface area contributed by atoms with Crippen LogP contribution in [0.2, 0.25) is 0 Å². The highest BCUT2D eigenvalue weighted by atomic mass is 16.2. The molecule has 0 aliphatic carbocycles. The van der Waals surface area contributed by atoms with Crippen molar-refractivity contribution in [2.45, 2.75) is 58.3 Å². The summed E-state index contributed by atoms with van der Waals surface area (Å²) in [6, 6.07) is 7.71. The lowest BCUT2D eigenvalue weighted by Crippen LogP contribution is -2.53. The molecule has 2 atom stereocenters.